The molecule has 0 unspecified atom stereocenters. The lowest BCUT2D eigenvalue weighted by Gasteiger charge is -2.31. The van der Waals surface area contributed by atoms with Crippen LogP contribution in [0.1, 0.15) is 25.3 Å². The van der Waals surface area contributed by atoms with Gasteiger partial charge in [-0.05, 0) is 31.4 Å². The Balaban J connectivity index is 1.82. The Labute approximate surface area is 129 Å². The van der Waals surface area contributed by atoms with Crippen LogP contribution in [0.25, 0.3) is 0 Å². The summed E-state index contributed by atoms with van der Waals surface area (Å²) in [6.07, 6.45) is 1.76. The number of rotatable bonds is 5. The van der Waals surface area contributed by atoms with Crippen molar-refractivity contribution >= 4 is 26.0 Å². The predicted octanol–water partition coefficient (Wildman–Crippen LogP) is 2.35. The molecule has 4 nitrogen and oxygen atoms in total. The average molecular weight is 361 g/mol. The third kappa shape index (κ3) is 4.04. The van der Waals surface area contributed by atoms with Crippen LogP contribution in [0.15, 0.2) is 28.7 Å². The number of piperidine rings is 1. The minimum Gasteiger partial charge on any atom is -0.310 e. The second kappa shape index (κ2) is 7.02. The van der Waals surface area contributed by atoms with Gasteiger partial charge in [0.05, 0.1) is 5.75 Å². The molecule has 0 saturated carbocycles. The van der Waals surface area contributed by atoms with Crippen molar-refractivity contribution in [2.24, 2.45) is 0 Å². The Hall–Kier alpha value is -0.430. The molecule has 112 valence electrons. The molecule has 1 aromatic rings. The SMILES string of the molecule is CCS(=O)(=O)N1CCC(NCc2ccccc2Br)CC1. The van der Waals surface area contributed by atoms with E-state index in [0.29, 0.717) is 19.1 Å². The molecule has 0 atom stereocenters. The van der Waals surface area contributed by atoms with Gasteiger partial charge in [-0.2, -0.15) is 0 Å². The zero-order valence-corrected chi connectivity index (χ0v) is 14.1. The number of hydrogen-bond acceptors (Lipinski definition) is 3. The largest absolute Gasteiger partial charge is 0.310 e. The van der Waals surface area contributed by atoms with Crippen LogP contribution in [0.3, 0.4) is 0 Å². The second-order valence-corrected chi connectivity index (χ2v) is 8.16. The van der Waals surface area contributed by atoms with Crippen LogP contribution in [-0.4, -0.2) is 37.6 Å². The van der Waals surface area contributed by atoms with Crippen LogP contribution in [0.5, 0.6) is 0 Å². The number of sulfonamides is 1. The van der Waals surface area contributed by atoms with Crippen molar-refractivity contribution < 1.29 is 8.42 Å². The fourth-order valence-electron chi connectivity index (χ4n) is 2.42. The van der Waals surface area contributed by atoms with Crippen molar-refractivity contribution in [2.45, 2.75) is 32.4 Å². The number of hydrogen-bond donors (Lipinski definition) is 1. The van der Waals surface area contributed by atoms with E-state index in [1.807, 2.05) is 18.2 Å². The summed E-state index contributed by atoms with van der Waals surface area (Å²) in [5, 5.41) is 3.52. The Bertz CT molecular complexity index is 540. The van der Waals surface area contributed by atoms with Crippen molar-refractivity contribution in [1.82, 2.24) is 9.62 Å². The zero-order valence-electron chi connectivity index (χ0n) is 11.7. The fourth-order valence-corrected chi connectivity index (χ4v) is 3.97. The van der Waals surface area contributed by atoms with E-state index >= 15 is 0 Å². The molecule has 0 bridgehead atoms. The van der Waals surface area contributed by atoms with Gasteiger partial charge < -0.3 is 5.32 Å². The summed E-state index contributed by atoms with van der Waals surface area (Å²) in [5.41, 5.74) is 1.23. The molecule has 0 aromatic heterocycles. The lowest BCUT2D eigenvalue weighted by Crippen LogP contribution is -2.45. The standard InChI is InChI=1S/C14H21BrN2O2S/c1-2-20(18,19)17-9-7-13(8-10-17)16-11-12-5-3-4-6-14(12)15/h3-6,13,16H,2,7-11H2,1H3. The van der Waals surface area contributed by atoms with Gasteiger partial charge in [-0.1, -0.05) is 34.1 Å². The van der Waals surface area contributed by atoms with E-state index < -0.39 is 10.0 Å². The first-order valence-electron chi connectivity index (χ1n) is 6.97. The molecule has 0 aliphatic carbocycles. The van der Waals surface area contributed by atoms with Crippen LogP contribution >= 0.6 is 15.9 Å². The minimum absolute atomic E-state index is 0.196. The molecule has 1 saturated heterocycles. The maximum Gasteiger partial charge on any atom is 0.213 e. The fraction of sp³-hybridized carbons (Fsp3) is 0.571. The van der Waals surface area contributed by atoms with Crippen molar-refractivity contribution in [3.05, 3.63) is 34.3 Å². The molecule has 0 amide bonds. The van der Waals surface area contributed by atoms with Crippen LogP contribution < -0.4 is 5.32 Å². The summed E-state index contributed by atoms with van der Waals surface area (Å²) in [6, 6.07) is 8.55. The predicted molar refractivity (Wildman–Crippen MR) is 85.0 cm³/mol. The van der Waals surface area contributed by atoms with E-state index in [-0.39, 0.29) is 5.75 Å². The highest BCUT2D eigenvalue weighted by molar-refractivity contribution is 9.10. The molecule has 1 aliphatic rings. The number of nitrogens with one attached hydrogen (secondary N) is 1. The Kier molecular flexibility index (Phi) is 5.60. The van der Waals surface area contributed by atoms with Crippen molar-refractivity contribution in [1.29, 1.82) is 0 Å². The summed E-state index contributed by atoms with van der Waals surface area (Å²) in [7, 11) is -3.02. The summed E-state index contributed by atoms with van der Waals surface area (Å²) in [6.45, 7) is 3.77. The highest BCUT2D eigenvalue weighted by atomic mass is 79.9. The highest BCUT2D eigenvalue weighted by Gasteiger charge is 2.26. The van der Waals surface area contributed by atoms with Gasteiger partial charge in [-0.3, -0.25) is 0 Å². The second-order valence-electron chi connectivity index (χ2n) is 5.05. The molecule has 1 N–H and O–H groups in total. The van der Waals surface area contributed by atoms with E-state index in [1.54, 1.807) is 11.2 Å². The minimum atomic E-state index is -3.02. The van der Waals surface area contributed by atoms with E-state index in [1.165, 1.54) is 5.56 Å². The van der Waals surface area contributed by atoms with E-state index in [2.05, 4.69) is 27.3 Å². The van der Waals surface area contributed by atoms with Crippen LogP contribution in [0.2, 0.25) is 0 Å². The maximum atomic E-state index is 11.8. The summed E-state index contributed by atoms with van der Waals surface area (Å²) in [4.78, 5) is 0. The Morgan fingerprint density at radius 2 is 1.95 bits per heavy atom. The lowest BCUT2D eigenvalue weighted by molar-refractivity contribution is 0.289. The average Bonchev–Trinajstić information content (AvgIpc) is 2.47. The van der Waals surface area contributed by atoms with Crippen molar-refractivity contribution in [3.8, 4) is 0 Å². The molecule has 2 rings (SSSR count). The van der Waals surface area contributed by atoms with Crippen molar-refractivity contribution in [2.75, 3.05) is 18.8 Å². The Morgan fingerprint density at radius 1 is 1.30 bits per heavy atom. The monoisotopic (exact) mass is 360 g/mol. The maximum absolute atomic E-state index is 11.8. The van der Waals surface area contributed by atoms with Gasteiger partial charge in [0.2, 0.25) is 10.0 Å². The number of nitrogens with zero attached hydrogens (tertiary/aromatic N) is 1. The van der Waals surface area contributed by atoms with E-state index in [9.17, 15) is 8.42 Å². The summed E-state index contributed by atoms with van der Waals surface area (Å²) in [5.74, 6) is 0.196. The van der Waals surface area contributed by atoms with E-state index in [0.717, 1.165) is 23.9 Å². The van der Waals surface area contributed by atoms with Gasteiger partial charge >= 0.3 is 0 Å². The number of halogens is 1. The molecule has 1 heterocycles. The quantitative estimate of drug-likeness (QED) is 0.876. The third-order valence-electron chi connectivity index (χ3n) is 3.75. The topological polar surface area (TPSA) is 49.4 Å². The van der Waals surface area contributed by atoms with E-state index in [4.69, 9.17) is 0 Å². The smallest absolute Gasteiger partial charge is 0.213 e. The lowest BCUT2D eigenvalue weighted by atomic mass is 10.1. The van der Waals surface area contributed by atoms with Crippen LogP contribution in [0, 0.1) is 0 Å². The van der Waals surface area contributed by atoms with Crippen LogP contribution in [0.4, 0.5) is 0 Å². The first-order valence-corrected chi connectivity index (χ1v) is 9.37. The normalized spacial score (nSPS) is 18.3. The third-order valence-corrected chi connectivity index (χ3v) is 6.41. The molecule has 1 fully saturated rings. The van der Waals surface area contributed by atoms with Gasteiger partial charge in [0.15, 0.2) is 0 Å². The van der Waals surface area contributed by atoms with Gasteiger partial charge in [0, 0.05) is 30.1 Å². The van der Waals surface area contributed by atoms with Gasteiger partial charge in [-0.25, -0.2) is 12.7 Å². The Morgan fingerprint density at radius 3 is 2.55 bits per heavy atom. The number of benzene rings is 1. The van der Waals surface area contributed by atoms with Gasteiger partial charge in [0.1, 0.15) is 0 Å². The van der Waals surface area contributed by atoms with Gasteiger partial charge in [-0.15, -0.1) is 0 Å². The van der Waals surface area contributed by atoms with Crippen LogP contribution in [-0.2, 0) is 16.6 Å². The molecule has 0 spiro atoms. The summed E-state index contributed by atoms with van der Waals surface area (Å²) < 4.78 is 26.3. The zero-order chi connectivity index (χ0) is 14.6. The van der Waals surface area contributed by atoms with Crippen molar-refractivity contribution in [3.63, 3.8) is 0 Å². The summed E-state index contributed by atoms with van der Waals surface area (Å²) >= 11 is 3.54. The first kappa shape index (κ1) is 15.9. The molecule has 6 heteroatoms. The molecule has 0 radical (unpaired) electrons. The molecular formula is C14H21BrN2O2S. The molecule has 1 aliphatic heterocycles. The molecular weight excluding hydrogens is 340 g/mol. The molecule has 1 aromatic carbocycles. The first-order chi connectivity index (χ1) is 9.53. The highest BCUT2D eigenvalue weighted by Crippen LogP contribution is 2.18. The molecule has 20 heavy (non-hydrogen) atoms. The van der Waals surface area contributed by atoms with Gasteiger partial charge in [0.25, 0.3) is 0 Å².